The van der Waals surface area contributed by atoms with E-state index in [0.29, 0.717) is 6.07 Å². The Morgan fingerprint density at radius 1 is 1.04 bits per heavy atom. The van der Waals surface area contributed by atoms with E-state index in [1.165, 1.54) is 12.1 Å². The van der Waals surface area contributed by atoms with Crippen molar-refractivity contribution in [1.29, 1.82) is 0 Å². The van der Waals surface area contributed by atoms with Gasteiger partial charge in [-0.15, -0.1) is 11.8 Å². The SMILES string of the molecule is CSc1ccc(F)cc1.O=C(O)C(O)Cc1cc(F)cc(F)c1. The number of halogens is 3. The van der Waals surface area contributed by atoms with Gasteiger partial charge in [-0.25, -0.2) is 18.0 Å². The summed E-state index contributed by atoms with van der Waals surface area (Å²) in [6.45, 7) is 0. The van der Waals surface area contributed by atoms with Gasteiger partial charge in [0, 0.05) is 17.4 Å². The van der Waals surface area contributed by atoms with Crippen LogP contribution < -0.4 is 0 Å². The van der Waals surface area contributed by atoms with Gasteiger partial charge in [-0.1, -0.05) is 0 Å². The molecule has 0 aliphatic carbocycles. The molecule has 2 aromatic carbocycles. The van der Waals surface area contributed by atoms with Gasteiger partial charge in [0.25, 0.3) is 0 Å². The van der Waals surface area contributed by atoms with E-state index in [1.807, 2.05) is 6.26 Å². The van der Waals surface area contributed by atoms with Gasteiger partial charge >= 0.3 is 5.97 Å². The Balaban J connectivity index is 0.000000253. The Bertz CT molecular complexity index is 627. The predicted molar refractivity (Wildman–Crippen MR) is 81.9 cm³/mol. The van der Waals surface area contributed by atoms with Crippen LogP contribution in [0.2, 0.25) is 0 Å². The topological polar surface area (TPSA) is 57.5 Å². The average molecular weight is 344 g/mol. The number of benzene rings is 2. The minimum atomic E-state index is -1.64. The number of carboxylic acids is 1. The lowest BCUT2D eigenvalue weighted by Gasteiger charge is -2.05. The molecule has 3 nitrogen and oxygen atoms in total. The van der Waals surface area contributed by atoms with E-state index in [1.54, 1.807) is 23.9 Å². The van der Waals surface area contributed by atoms with Crippen molar-refractivity contribution in [2.75, 3.05) is 6.26 Å². The molecule has 0 radical (unpaired) electrons. The normalized spacial score (nSPS) is 11.3. The van der Waals surface area contributed by atoms with Crippen LogP contribution in [0.3, 0.4) is 0 Å². The van der Waals surface area contributed by atoms with E-state index >= 15 is 0 Å². The average Bonchev–Trinajstić information content (AvgIpc) is 2.47. The number of thioether (sulfide) groups is 1. The zero-order valence-electron chi connectivity index (χ0n) is 12.2. The summed E-state index contributed by atoms with van der Waals surface area (Å²) in [6, 6.07) is 9.10. The molecular formula is C16H15F3O3S. The zero-order chi connectivity index (χ0) is 17.4. The van der Waals surface area contributed by atoms with E-state index < -0.39 is 23.7 Å². The zero-order valence-corrected chi connectivity index (χ0v) is 13.0. The molecule has 0 amide bonds. The number of hydrogen-bond acceptors (Lipinski definition) is 3. The second-order valence-electron chi connectivity index (χ2n) is 4.49. The van der Waals surface area contributed by atoms with Gasteiger partial charge in [-0.05, 0) is 48.2 Å². The molecule has 0 aliphatic rings. The van der Waals surface area contributed by atoms with Crippen LogP contribution >= 0.6 is 11.8 Å². The fourth-order valence-corrected chi connectivity index (χ4v) is 2.02. The van der Waals surface area contributed by atoms with Crippen LogP contribution in [0.15, 0.2) is 47.4 Å². The summed E-state index contributed by atoms with van der Waals surface area (Å²) in [5, 5.41) is 17.3. The van der Waals surface area contributed by atoms with Crippen molar-refractivity contribution < 1.29 is 28.2 Å². The van der Waals surface area contributed by atoms with Crippen LogP contribution in [-0.2, 0) is 11.2 Å². The standard InChI is InChI=1S/C9H8F2O3.C7H7FS/c10-6-1-5(2-7(11)4-6)3-8(12)9(13)14;1-9-7-4-2-6(8)3-5-7/h1-2,4,8,12H,3H2,(H,13,14);2-5H,1H3. The van der Waals surface area contributed by atoms with E-state index in [0.717, 1.165) is 17.0 Å². The number of aliphatic carboxylic acids is 1. The van der Waals surface area contributed by atoms with Crippen LogP contribution in [0.1, 0.15) is 5.56 Å². The van der Waals surface area contributed by atoms with Gasteiger partial charge in [0.15, 0.2) is 6.10 Å². The van der Waals surface area contributed by atoms with Crippen LogP contribution in [0, 0.1) is 17.5 Å². The summed E-state index contributed by atoms with van der Waals surface area (Å²) in [5.41, 5.74) is 0.109. The Kier molecular flexibility index (Phi) is 7.64. The van der Waals surface area contributed by atoms with Crippen LogP contribution in [0.5, 0.6) is 0 Å². The third-order valence-electron chi connectivity index (χ3n) is 2.69. The summed E-state index contributed by atoms with van der Waals surface area (Å²) in [7, 11) is 0. The Morgan fingerprint density at radius 3 is 2.00 bits per heavy atom. The highest BCUT2D eigenvalue weighted by molar-refractivity contribution is 7.98. The lowest BCUT2D eigenvalue weighted by Crippen LogP contribution is -2.22. The van der Waals surface area contributed by atoms with Crippen molar-refractivity contribution >= 4 is 17.7 Å². The van der Waals surface area contributed by atoms with E-state index in [4.69, 9.17) is 10.2 Å². The molecule has 2 aromatic rings. The van der Waals surface area contributed by atoms with Gasteiger partial charge in [-0.3, -0.25) is 0 Å². The van der Waals surface area contributed by atoms with Crippen molar-refractivity contribution in [3.63, 3.8) is 0 Å². The van der Waals surface area contributed by atoms with Crippen molar-refractivity contribution in [3.05, 3.63) is 65.5 Å². The first-order valence-corrected chi connectivity index (χ1v) is 7.69. The summed E-state index contributed by atoms with van der Waals surface area (Å²) in [5.74, 6) is -3.18. The second-order valence-corrected chi connectivity index (χ2v) is 5.37. The Labute approximate surface area is 135 Å². The van der Waals surface area contributed by atoms with Gasteiger partial charge in [0.05, 0.1) is 0 Å². The molecule has 0 heterocycles. The lowest BCUT2D eigenvalue weighted by atomic mass is 10.1. The molecule has 0 spiro atoms. The Morgan fingerprint density at radius 2 is 1.57 bits per heavy atom. The molecule has 0 fully saturated rings. The molecule has 0 aliphatic heterocycles. The van der Waals surface area contributed by atoms with Gasteiger partial charge in [-0.2, -0.15) is 0 Å². The first-order chi connectivity index (χ1) is 10.8. The number of aliphatic hydroxyl groups is 1. The summed E-state index contributed by atoms with van der Waals surface area (Å²) < 4.78 is 37.4. The molecule has 0 bridgehead atoms. The van der Waals surface area contributed by atoms with Crippen molar-refractivity contribution in [3.8, 4) is 0 Å². The monoisotopic (exact) mass is 344 g/mol. The number of carboxylic acid groups (broad SMARTS) is 1. The largest absolute Gasteiger partial charge is 0.479 e. The third-order valence-corrected chi connectivity index (χ3v) is 3.43. The number of rotatable bonds is 4. The highest BCUT2D eigenvalue weighted by Gasteiger charge is 2.14. The van der Waals surface area contributed by atoms with Gasteiger partial charge < -0.3 is 10.2 Å². The van der Waals surface area contributed by atoms with Crippen molar-refractivity contribution in [2.24, 2.45) is 0 Å². The molecule has 0 saturated heterocycles. The lowest BCUT2D eigenvalue weighted by molar-refractivity contribution is -0.146. The van der Waals surface area contributed by atoms with E-state index in [-0.39, 0.29) is 17.8 Å². The van der Waals surface area contributed by atoms with Crippen molar-refractivity contribution in [2.45, 2.75) is 17.4 Å². The first-order valence-electron chi connectivity index (χ1n) is 6.47. The molecule has 0 saturated carbocycles. The van der Waals surface area contributed by atoms with Crippen LogP contribution in [0.4, 0.5) is 13.2 Å². The van der Waals surface area contributed by atoms with Crippen LogP contribution in [-0.4, -0.2) is 28.5 Å². The molecule has 2 rings (SSSR count). The summed E-state index contributed by atoms with van der Waals surface area (Å²) in [4.78, 5) is 11.3. The van der Waals surface area contributed by atoms with E-state index in [9.17, 15) is 18.0 Å². The fourth-order valence-electron chi connectivity index (χ4n) is 1.61. The molecule has 0 aromatic heterocycles. The van der Waals surface area contributed by atoms with Crippen molar-refractivity contribution in [1.82, 2.24) is 0 Å². The molecule has 7 heteroatoms. The Hall–Kier alpha value is -1.99. The number of aliphatic hydroxyl groups excluding tert-OH is 1. The maximum atomic E-state index is 12.6. The highest BCUT2D eigenvalue weighted by atomic mass is 32.2. The first kappa shape index (κ1) is 19.1. The molecule has 2 N–H and O–H groups in total. The predicted octanol–water partition coefficient (Wildman–Crippen LogP) is 3.50. The molecule has 124 valence electrons. The molecule has 1 unspecified atom stereocenters. The van der Waals surface area contributed by atoms with Crippen LogP contribution in [0.25, 0.3) is 0 Å². The molecular weight excluding hydrogens is 329 g/mol. The smallest absolute Gasteiger partial charge is 0.332 e. The number of hydrogen-bond donors (Lipinski definition) is 2. The second kappa shape index (κ2) is 9.22. The highest BCUT2D eigenvalue weighted by Crippen LogP contribution is 2.13. The third kappa shape index (κ3) is 7.21. The molecule has 1 atom stereocenters. The minimum Gasteiger partial charge on any atom is -0.479 e. The van der Waals surface area contributed by atoms with E-state index in [2.05, 4.69) is 0 Å². The quantitative estimate of drug-likeness (QED) is 0.834. The maximum absolute atomic E-state index is 12.6. The maximum Gasteiger partial charge on any atom is 0.332 e. The number of carbonyl (C=O) groups is 1. The summed E-state index contributed by atoms with van der Waals surface area (Å²) >= 11 is 1.61. The van der Waals surface area contributed by atoms with Gasteiger partial charge in [0.1, 0.15) is 17.5 Å². The minimum absolute atomic E-state index is 0.109. The van der Waals surface area contributed by atoms with Gasteiger partial charge in [0.2, 0.25) is 0 Å². The summed E-state index contributed by atoms with van der Waals surface area (Å²) in [6.07, 6.45) is 0.00764. The fraction of sp³-hybridized carbons (Fsp3) is 0.188. The molecule has 23 heavy (non-hydrogen) atoms.